The van der Waals surface area contributed by atoms with E-state index in [1.54, 1.807) is 6.07 Å². The van der Waals surface area contributed by atoms with E-state index in [0.29, 0.717) is 29.7 Å². The molecule has 88 valence electrons. The van der Waals surface area contributed by atoms with Gasteiger partial charge in [-0.15, -0.1) is 0 Å². The average molecular weight is 244 g/mol. The Balaban J connectivity index is 3.19. The zero-order chi connectivity index (χ0) is 12.1. The molecule has 0 spiro atoms. The van der Waals surface area contributed by atoms with Crippen LogP contribution < -0.4 is 15.2 Å². The van der Waals surface area contributed by atoms with Crippen LogP contribution in [0.15, 0.2) is 12.1 Å². The maximum absolute atomic E-state index is 11.2. The highest BCUT2D eigenvalue weighted by Gasteiger charge is 2.14. The molecule has 0 radical (unpaired) electrons. The molecule has 0 saturated heterocycles. The van der Waals surface area contributed by atoms with Gasteiger partial charge < -0.3 is 15.2 Å². The fraction of sp³-hybridized carbons (Fsp3) is 0.364. The molecule has 2 N–H and O–H groups in total. The van der Waals surface area contributed by atoms with Crippen molar-refractivity contribution in [3.8, 4) is 11.5 Å². The molecule has 1 aromatic rings. The lowest BCUT2D eigenvalue weighted by atomic mass is 10.2. The fourth-order valence-corrected chi connectivity index (χ4v) is 1.49. The molecule has 0 heterocycles. The minimum Gasteiger partial charge on any atom is -0.493 e. The largest absolute Gasteiger partial charge is 0.493 e. The number of primary amides is 1. The lowest BCUT2D eigenvalue weighted by Crippen LogP contribution is -2.13. The van der Waals surface area contributed by atoms with Crippen LogP contribution in [0.2, 0.25) is 5.02 Å². The maximum Gasteiger partial charge on any atom is 0.252 e. The molecule has 16 heavy (non-hydrogen) atoms. The molecule has 5 heteroatoms. The summed E-state index contributed by atoms with van der Waals surface area (Å²) in [7, 11) is 0. The molecule has 0 aliphatic carbocycles. The molecule has 0 atom stereocenters. The third kappa shape index (κ3) is 2.79. The van der Waals surface area contributed by atoms with E-state index in [4.69, 9.17) is 26.8 Å². The molecule has 0 unspecified atom stereocenters. The van der Waals surface area contributed by atoms with Crippen LogP contribution in [0.4, 0.5) is 0 Å². The Morgan fingerprint density at radius 2 is 1.81 bits per heavy atom. The van der Waals surface area contributed by atoms with Gasteiger partial charge in [-0.1, -0.05) is 11.6 Å². The van der Waals surface area contributed by atoms with Crippen LogP contribution in [-0.2, 0) is 0 Å². The van der Waals surface area contributed by atoms with Crippen LogP contribution >= 0.6 is 11.6 Å². The van der Waals surface area contributed by atoms with Crippen molar-refractivity contribution < 1.29 is 14.3 Å². The second-order valence-electron chi connectivity index (χ2n) is 3.01. The number of ether oxygens (including phenoxy) is 2. The summed E-state index contributed by atoms with van der Waals surface area (Å²) >= 11 is 5.94. The van der Waals surface area contributed by atoms with E-state index in [0.717, 1.165) is 0 Å². The molecule has 4 nitrogen and oxygen atoms in total. The van der Waals surface area contributed by atoms with Crippen LogP contribution in [0, 0.1) is 0 Å². The summed E-state index contributed by atoms with van der Waals surface area (Å²) in [6.07, 6.45) is 0. The van der Waals surface area contributed by atoms with Gasteiger partial charge in [0.25, 0.3) is 5.91 Å². The van der Waals surface area contributed by atoms with E-state index < -0.39 is 5.91 Å². The highest BCUT2D eigenvalue weighted by Crippen LogP contribution is 2.32. The number of hydrogen-bond acceptors (Lipinski definition) is 3. The summed E-state index contributed by atoms with van der Waals surface area (Å²) in [6.45, 7) is 4.59. The summed E-state index contributed by atoms with van der Waals surface area (Å²) < 4.78 is 10.6. The minimum atomic E-state index is -0.576. The SMILES string of the molecule is CCOc1cc(OCC)c(C(N)=O)cc1Cl. The predicted molar refractivity (Wildman–Crippen MR) is 62.3 cm³/mol. The third-order valence-corrected chi connectivity index (χ3v) is 2.19. The van der Waals surface area contributed by atoms with Crippen LogP contribution in [0.1, 0.15) is 24.2 Å². The number of amides is 1. The summed E-state index contributed by atoms with van der Waals surface area (Å²) in [5, 5.41) is 0.346. The van der Waals surface area contributed by atoms with E-state index in [-0.39, 0.29) is 5.56 Å². The fourth-order valence-electron chi connectivity index (χ4n) is 1.27. The van der Waals surface area contributed by atoms with Gasteiger partial charge in [0.1, 0.15) is 11.5 Å². The van der Waals surface area contributed by atoms with E-state index >= 15 is 0 Å². The van der Waals surface area contributed by atoms with Gasteiger partial charge >= 0.3 is 0 Å². The Hall–Kier alpha value is -1.42. The van der Waals surface area contributed by atoms with Crippen LogP contribution in [0.25, 0.3) is 0 Å². The summed E-state index contributed by atoms with van der Waals surface area (Å²) in [4.78, 5) is 11.2. The Kier molecular flexibility index (Phi) is 4.43. The lowest BCUT2D eigenvalue weighted by molar-refractivity contribution is 0.0996. The molecular formula is C11H14ClNO3. The normalized spacial score (nSPS) is 9.94. The minimum absolute atomic E-state index is 0.260. The number of carbonyl (C=O) groups is 1. The first-order chi connectivity index (χ1) is 7.60. The van der Waals surface area contributed by atoms with Gasteiger partial charge in [0, 0.05) is 6.07 Å². The standard InChI is InChI=1S/C11H14ClNO3/c1-3-15-9-6-10(16-4-2)8(12)5-7(9)11(13)14/h5-6H,3-4H2,1-2H3,(H2,13,14). The Bertz CT molecular complexity index is 393. The number of hydrogen-bond donors (Lipinski definition) is 1. The van der Waals surface area contributed by atoms with Gasteiger partial charge in [-0.2, -0.15) is 0 Å². The zero-order valence-corrected chi connectivity index (χ0v) is 10.0. The van der Waals surface area contributed by atoms with Crippen LogP contribution in [0.3, 0.4) is 0 Å². The molecular weight excluding hydrogens is 230 g/mol. The predicted octanol–water partition coefficient (Wildman–Crippen LogP) is 2.24. The van der Waals surface area contributed by atoms with E-state index in [2.05, 4.69) is 0 Å². The van der Waals surface area contributed by atoms with Gasteiger partial charge in [-0.25, -0.2) is 0 Å². The van der Waals surface area contributed by atoms with E-state index in [9.17, 15) is 4.79 Å². The van der Waals surface area contributed by atoms with Crippen molar-refractivity contribution in [2.24, 2.45) is 5.73 Å². The first kappa shape index (κ1) is 12.6. The van der Waals surface area contributed by atoms with Crippen molar-refractivity contribution in [1.82, 2.24) is 0 Å². The second-order valence-corrected chi connectivity index (χ2v) is 3.42. The second kappa shape index (κ2) is 5.61. The van der Waals surface area contributed by atoms with Gasteiger partial charge in [-0.3, -0.25) is 4.79 Å². The average Bonchev–Trinajstić information content (AvgIpc) is 2.23. The van der Waals surface area contributed by atoms with Crippen molar-refractivity contribution >= 4 is 17.5 Å². The van der Waals surface area contributed by atoms with E-state index in [1.165, 1.54) is 6.07 Å². The number of rotatable bonds is 5. The van der Waals surface area contributed by atoms with Gasteiger partial charge in [-0.05, 0) is 19.9 Å². The zero-order valence-electron chi connectivity index (χ0n) is 9.25. The molecule has 0 aliphatic rings. The van der Waals surface area contributed by atoms with E-state index in [1.807, 2.05) is 13.8 Å². The first-order valence-electron chi connectivity index (χ1n) is 4.99. The van der Waals surface area contributed by atoms with Gasteiger partial charge in [0.2, 0.25) is 0 Å². The molecule has 1 amide bonds. The highest BCUT2D eigenvalue weighted by molar-refractivity contribution is 6.32. The van der Waals surface area contributed by atoms with Crippen molar-refractivity contribution in [2.45, 2.75) is 13.8 Å². The highest BCUT2D eigenvalue weighted by atomic mass is 35.5. The molecule has 0 bridgehead atoms. The molecule has 0 aliphatic heterocycles. The van der Waals surface area contributed by atoms with Gasteiger partial charge in [0.05, 0.1) is 23.8 Å². The molecule has 1 rings (SSSR count). The monoisotopic (exact) mass is 243 g/mol. The third-order valence-electron chi connectivity index (χ3n) is 1.90. The number of nitrogens with two attached hydrogens (primary N) is 1. The summed E-state index contributed by atoms with van der Waals surface area (Å²) in [6, 6.07) is 3.04. The number of benzene rings is 1. The van der Waals surface area contributed by atoms with Crippen molar-refractivity contribution in [1.29, 1.82) is 0 Å². The molecule has 1 aromatic carbocycles. The number of halogens is 1. The lowest BCUT2D eigenvalue weighted by Gasteiger charge is -2.12. The quantitative estimate of drug-likeness (QED) is 0.863. The Morgan fingerprint density at radius 1 is 1.25 bits per heavy atom. The smallest absolute Gasteiger partial charge is 0.252 e. The Labute approximate surface area is 99.3 Å². The Morgan fingerprint density at radius 3 is 2.31 bits per heavy atom. The molecule has 0 aromatic heterocycles. The number of carbonyl (C=O) groups excluding carboxylic acids is 1. The topological polar surface area (TPSA) is 61.6 Å². The molecule has 0 fully saturated rings. The van der Waals surface area contributed by atoms with Crippen molar-refractivity contribution in [2.75, 3.05) is 13.2 Å². The van der Waals surface area contributed by atoms with Crippen molar-refractivity contribution in [3.63, 3.8) is 0 Å². The van der Waals surface area contributed by atoms with Crippen LogP contribution in [-0.4, -0.2) is 19.1 Å². The van der Waals surface area contributed by atoms with Crippen LogP contribution in [0.5, 0.6) is 11.5 Å². The summed E-state index contributed by atoms with van der Waals surface area (Å²) in [5.74, 6) is 0.300. The van der Waals surface area contributed by atoms with Crippen molar-refractivity contribution in [3.05, 3.63) is 22.7 Å². The molecule has 0 saturated carbocycles. The van der Waals surface area contributed by atoms with Gasteiger partial charge in [0.15, 0.2) is 0 Å². The first-order valence-corrected chi connectivity index (χ1v) is 5.36. The maximum atomic E-state index is 11.2. The summed E-state index contributed by atoms with van der Waals surface area (Å²) in [5.41, 5.74) is 5.48.